The highest BCUT2D eigenvalue weighted by Gasteiger charge is 2.56. The van der Waals surface area contributed by atoms with Gasteiger partial charge in [-0.2, -0.15) is 0 Å². The summed E-state index contributed by atoms with van der Waals surface area (Å²) in [6.45, 7) is 12.2. The lowest BCUT2D eigenvalue weighted by Crippen LogP contribution is -2.39. The highest BCUT2D eigenvalue weighted by atomic mass is 15.2. The fourth-order valence-corrected chi connectivity index (χ4v) is 11.1. The maximum absolute atomic E-state index is 5.25. The smallest absolute Gasteiger partial charge is 0.169 e. The lowest BCUT2D eigenvalue weighted by atomic mass is 9.62. The van der Waals surface area contributed by atoms with Crippen LogP contribution in [0.5, 0.6) is 0 Å². The molecule has 1 aliphatic heterocycles. The molecule has 1 heterocycles. The van der Waals surface area contributed by atoms with Crippen LogP contribution in [0.2, 0.25) is 0 Å². The zero-order valence-electron chi connectivity index (χ0n) is 33.0. The first-order valence-electron chi connectivity index (χ1n) is 20.7. The summed E-state index contributed by atoms with van der Waals surface area (Å²) in [4.78, 5) is 10.4. The van der Waals surface area contributed by atoms with Crippen molar-refractivity contribution >= 4 is 17.2 Å². The minimum absolute atomic E-state index is 0.0449. The summed E-state index contributed by atoms with van der Waals surface area (Å²) in [7, 11) is 0. The summed E-state index contributed by atoms with van der Waals surface area (Å²) in [5.41, 5.74) is 14.3. The zero-order chi connectivity index (χ0) is 37.5. The van der Waals surface area contributed by atoms with Crippen LogP contribution in [0.3, 0.4) is 0 Å². The topological polar surface area (TPSA) is 36.8 Å². The summed E-state index contributed by atoms with van der Waals surface area (Å²) in [6, 6.07) is 28.5. The van der Waals surface area contributed by atoms with E-state index in [1.165, 1.54) is 46.3 Å². The molecule has 6 aliphatic carbocycles. The van der Waals surface area contributed by atoms with Crippen LogP contribution in [-0.2, 0) is 5.41 Å². The molecule has 10 rings (SSSR count). The largest absolute Gasteiger partial charge is 0.328 e. The third-order valence-corrected chi connectivity index (χ3v) is 14.7. The standard InChI is InChI=1S/C52H53N3/c1-50(2)43-16-10-9-15-40(43)41-28-26-38(31-45(41)50)33-18-22-36(23-19-33)48-53-47(35-13-7-6-8-14-35)54-49(55-48)37-24-20-34(21-25-37)39-27-29-42-44-17-11-12-30-52(44,5)51(3,4)46(42)32-39/h6-10,12-16,18-24,26,29-32,37,39,41,44,47H,11,17,25,27-28H2,1-5H3,(H,53,54,55)/t37?,39?,41?,44?,47?,52-/m1/s1. The lowest BCUT2D eigenvalue weighted by molar-refractivity contribution is 0.157. The summed E-state index contributed by atoms with van der Waals surface area (Å²) in [6.07, 6.45) is 27.6. The van der Waals surface area contributed by atoms with Crippen molar-refractivity contribution < 1.29 is 0 Å². The summed E-state index contributed by atoms with van der Waals surface area (Å²) < 4.78 is 0. The second kappa shape index (κ2) is 12.8. The van der Waals surface area contributed by atoms with Gasteiger partial charge in [-0.1, -0.05) is 174 Å². The number of allylic oxidation sites excluding steroid dienone is 13. The van der Waals surface area contributed by atoms with Crippen LogP contribution in [0.25, 0.3) is 5.57 Å². The van der Waals surface area contributed by atoms with Gasteiger partial charge in [-0.25, -0.2) is 9.98 Å². The Kier molecular flexibility index (Phi) is 8.00. The number of benzene rings is 3. The van der Waals surface area contributed by atoms with Gasteiger partial charge in [-0.3, -0.25) is 0 Å². The van der Waals surface area contributed by atoms with Crippen LogP contribution in [0.15, 0.2) is 166 Å². The monoisotopic (exact) mass is 719 g/mol. The molecule has 0 aromatic heterocycles. The van der Waals surface area contributed by atoms with Crippen LogP contribution in [0.1, 0.15) is 107 Å². The van der Waals surface area contributed by atoms with Crippen LogP contribution in [-0.4, -0.2) is 11.7 Å². The Morgan fingerprint density at radius 1 is 0.745 bits per heavy atom. The molecule has 0 saturated heterocycles. The van der Waals surface area contributed by atoms with Crippen molar-refractivity contribution in [1.29, 1.82) is 0 Å². The molecule has 7 aliphatic rings. The number of rotatable bonds is 5. The summed E-state index contributed by atoms with van der Waals surface area (Å²) in [5, 5.41) is 3.72. The van der Waals surface area contributed by atoms with E-state index in [1.807, 2.05) is 0 Å². The van der Waals surface area contributed by atoms with E-state index >= 15 is 0 Å². The fourth-order valence-electron chi connectivity index (χ4n) is 11.1. The van der Waals surface area contributed by atoms with Gasteiger partial charge in [0.25, 0.3) is 0 Å². The molecule has 276 valence electrons. The highest BCUT2D eigenvalue weighted by Crippen LogP contribution is 2.66. The molecule has 1 N–H and O–H groups in total. The second-order valence-corrected chi connectivity index (χ2v) is 18.2. The normalized spacial score (nSPS) is 30.9. The Morgan fingerprint density at radius 3 is 2.31 bits per heavy atom. The molecule has 55 heavy (non-hydrogen) atoms. The molecule has 0 radical (unpaired) electrons. The molecule has 5 unspecified atom stereocenters. The van der Waals surface area contributed by atoms with E-state index in [1.54, 1.807) is 11.1 Å². The molecular formula is C52H53N3. The highest BCUT2D eigenvalue weighted by molar-refractivity contribution is 6.11. The van der Waals surface area contributed by atoms with E-state index in [9.17, 15) is 0 Å². The van der Waals surface area contributed by atoms with E-state index in [4.69, 9.17) is 9.98 Å². The van der Waals surface area contributed by atoms with Crippen molar-refractivity contribution in [3.05, 3.63) is 184 Å². The Balaban J connectivity index is 0.886. The Hall–Kier alpha value is -5.02. The van der Waals surface area contributed by atoms with Gasteiger partial charge in [0.2, 0.25) is 0 Å². The molecule has 1 saturated carbocycles. The van der Waals surface area contributed by atoms with Gasteiger partial charge in [-0.15, -0.1) is 0 Å². The van der Waals surface area contributed by atoms with Crippen LogP contribution >= 0.6 is 0 Å². The lowest BCUT2D eigenvalue weighted by Gasteiger charge is -2.42. The maximum Gasteiger partial charge on any atom is 0.169 e. The van der Waals surface area contributed by atoms with Crippen molar-refractivity contribution in [3.63, 3.8) is 0 Å². The van der Waals surface area contributed by atoms with Gasteiger partial charge >= 0.3 is 0 Å². The van der Waals surface area contributed by atoms with Gasteiger partial charge < -0.3 is 5.32 Å². The van der Waals surface area contributed by atoms with Crippen molar-refractivity contribution in [2.75, 3.05) is 0 Å². The fraction of sp³-hybridized carbons (Fsp3) is 0.346. The molecule has 0 amide bonds. The predicted molar refractivity (Wildman–Crippen MR) is 229 cm³/mol. The summed E-state index contributed by atoms with van der Waals surface area (Å²) >= 11 is 0. The van der Waals surface area contributed by atoms with Crippen molar-refractivity contribution in [1.82, 2.24) is 5.32 Å². The third-order valence-electron chi connectivity index (χ3n) is 14.7. The van der Waals surface area contributed by atoms with Gasteiger partial charge in [0.15, 0.2) is 6.17 Å². The van der Waals surface area contributed by atoms with Crippen LogP contribution < -0.4 is 5.32 Å². The number of hydrogen-bond donors (Lipinski definition) is 1. The predicted octanol–water partition coefficient (Wildman–Crippen LogP) is 12.3. The number of amidine groups is 2. The molecule has 3 heteroatoms. The Bertz CT molecular complexity index is 2350. The molecule has 0 spiro atoms. The van der Waals surface area contributed by atoms with Gasteiger partial charge in [-0.05, 0) is 88.0 Å². The van der Waals surface area contributed by atoms with E-state index < -0.39 is 0 Å². The van der Waals surface area contributed by atoms with E-state index in [2.05, 4.69) is 173 Å². The van der Waals surface area contributed by atoms with E-state index in [0.29, 0.717) is 17.8 Å². The van der Waals surface area contributed by atoms with E-state index in [-0.39, 0.29) is 28.3 Å². The van der Waals surface area contributed by atoms with Gasteiger partial charge in [0, 0.05) is 34.1 Å². The molecule has 6 atom stereocenters. The number of aliphatic imine (C=N–C) groups is 2. The molecule has 3 aromatic rings. The SMILES string of the molecule is CC1(C)C2=CC(c3ccc(C4=NC(c5ccccc5)N=C(C5C=CC(C6C=C7C(=CC6)C6CCC=C[C@@]6(C)C7(C)C)=CC5)N4)cc3)=CCC2c2ccccc21. The average molecular weight is 720 g/mol. The first-order chi connectivity index (χ1) is 26.6. The first kappa shape index (κ1) is 34.5. The van der Waals surface area contributed by atoms with E-state index in [0.717, 1.165) is 42.1 Å². The zero-order valence-corrected chi connectivity index (χ0v) is 33.0. The number of hydrogen-bond acceptors (Lipinski definition) is 3. The second-order valence-electron chi connectivity index (χ2n) is 18.2. The number of fused-ring (bicyclic) bond motifs is 6. The third kappa shape index (κ3) is 5.44. The minimum Gasteiger partial charge on any atom is -0.328 e. The van der Waals surface area contributed by atoms with Crippen molar-refractivity contribution in [2.45, 2.75) is 84.2 Å². The van der Waals surface area contributed by atoms with Crippen LogP contribution in [0, 0.1) is 28.6 Å². The van der Waals surface area contributed by atoms with Gasteiger partial charge in [0.1, 0.15) is 11.7 Å². The molecular weight excluding hydrogens is 667 g/mol. The van der Waals surface area contributed by atoms with Gasteiger partial charge in [0.05, 0.1) is 0 Å². The molecule has 1 fully saturated rings. The van der Waals surface area contributed by atoms with Crippen molar-refractivity contribution in [2.24, 2.45) is 38.6 Å². The first-order valence-corrected chi connectivity index (χ1v) is 20.7. The van der Waals surface area contributed by atoms with Crippen LogP contribution in [0.4, 0.5) is 0 Å². The molecule has 0 bridgehead atoms. The number of nitrogens with one attached hydrogen (secondary N) is 1. The number of nitrogens with zero attached hydrogens (tertiary/aromatic N) is 2. The Labute approximate surface area is 327 Å². The average Bonchev–Trinajstić information content (AvgIpc) is 3.56. The Morgan fingerprint density at radius 2 is 1.51 bits per heavy atom. The minimum atomic E-state index is -0.282. The van der Waals surface area contributed by atoms with Crippen molar-refractivity contribution in [3.8, 4) is 0 Å². The molecule has 3 aromatic carbocycles. The molecule has 3 nitrogen and oxygen atoms in total. The quantitative estimate of drug-likeness (QED) is 0.262. The summed E-state index contributed by atoms with van der Waals surface area (Å²) in [5.74, 6) is 3.60. The maximum atomic E-state index is 5.25.